The maximum absolute atomic E-state index is 11.2. The van der Waals surface area contributed by atoms with E-state index >= 15 is 0 Å². The Kier molecular flexibility index (Phi) is 4.18. The molecule has 1 unspecified atom stereocenters. The number of amides is 1. The molecule has 0 aromatic carbocycles. The minimum Gasteiger partial charge on any atom is -0.375 e. The van der Waals surface area contributed by atoms with Crippen LogP contribution >= 0.6 is 0 Å². The van der Waals surface area contributed by atoms with Crippen molar-refractivity contribution in [2.75, 3.05) is 33.9 Å². The van der Waals surface area contributed by atoms with Crippen LogP contribution in [0.15, 0.2) is 0 Å². The zero-order valence-electron chi connectivity index (χ0n) is 8.38. The molecule has 76 valence electrons. The number of rotatable bonds is 3. The summed E-state index contributed by atoms with van der Waals surface area (Å²) in [6.07, 6.45) is 2.24. The Labute approximate surface area is 79.2 Å². The van der Waals surface area contributed by atoms with Crippen molar-refractivity contribution in [3.63, 3.8) is 0 Å². The third kappa shape index (κ3) is 3.74. The van der Waals surface area contributed by atoms with Crippen LogP contribution < -0.4 is 5.32 Å². The highest BCUT2D eigenvalue weighted by Crippen LogP contribution is 2.07. The molecule has 13 heavy (non-hydrogen) atoms. The van der Waals surface area contributed by atoms with E-state index in [1.165, 1.54) is 7.11 Å². The first-order chi connectivity index (χ1) is 6.22. The molecule has 1 rings (SSSR count). The molecule has 0 aromatic heterocycles. The van der Waals surface area contributed by atoms with Gasteiger partial charge in [0.2, 0.25) is 5.91 Å². The second kappa shape index (κ2) is 5.19. The Hall–Kier alpha value is -0.610. The number of methoxy groups -OCH3 is 1. The van der Waals surface area contributed by atoms with Gasteiger partial charge in [0.1, 0.15) is 6.61 Å². The van der Waals surface area contributed by atoms with Crippen LogP contribution in [0.25, 0.3) is 0 Å². The number of nitrogens with one attached hydrogen (secondary N) is 1. The van der Waals surface area contributed by atoms with E-state index in [-0.39, 0.29) is 12.5 Å². The number of hydrogen-bond acceptors (Lipinski definition) is 3. The van der Waals surface area contributed by atoms with Gasteiger partial charge in [0.25, 0.3) is 0 Å². The average Bonchev–Trinajstić information content (AvgIpc) is 2.04. The summed E-state index contributed by atoms with van der Waals surface area (Å²) in [4.78, 5) is 13.4. The number of carbonyl (C=O) groups excluding carboxylic acids is 1. The molecule has 0 saturated carbocycles. The van der Waals surface area contributed by atoms with Gasteiger partial charge < -0.3 is 15.0 Å². The molecule has 0 aliphatic carbocycles. The average molecular weight is 186 g/mol. The zero-order valence-corrected chi connectivity index (χ0v) is 8.38. The van der Waals surface area contributed by atoms with Crippen LogP contribution in [0.1, 0.15) is 12.8 Å². The van der Waals surface area contributed by atoms with Gasteiger partial charge in [-0.3, -0.25) is 4.79 Å². The Balaban J connectivity index is 2.23. The van der Waals surface area contributed by atoms with Crippen molar-refractivity contribution < 1.29 is 9.53 Å². The molecule has 0 bridgehead atoms. The molecule has 0 aromatic rings. The topological polar surface area (TPSA) is 41.6 Å². The number of likely N-dealkylation sites (tertiary alicyclic amines) is 1. The zero-order chi connectivity index (χ0) is 9.68. The SMILES string of the molecule is COCC(=O)NC1CCCN(C)C1. The molecule has 1 fully saturated rings. The number of carbonyl (C=O) groups is 1. The predicted molar refractivity (Wildman–Crippen MR) is 50.5 cm³/mol. The monoisotopic (exact) mass is 186 g/mol. The van der Waals surface area contributed by atoms with Gasteiger partial charge in [0.05, 0.1) is 0 Å². The fraction of sp³-hybridized carbons (Fsp3) is 0.889. The number of likely N-dealkylation sites (N-methyl/N-ethyl adjacent to an activating group) is 1. The van der Waals surface area contributed by atoms with Crippen molar-refractivity contribution in [2.24, 2.45) is 0 Å². The summed E-state index contributed by atoms with van der Waals surface area (Å²) in [6, 6.07) is 0.307. The first kappa shape index (κ1) is 10.5. The van der Waals surface area contributed by atoms with E-state index in [1.54, 1.807) is 0 Å². The minimum absolute atomic E-state index is 0.0113. The summed E-state index contributed by atoms with van der Waals surface area (Å²) in [5.74, 6) is -0.0113. The summed E-state index contributed by atoms with van der Waals surface area (Å²) in [6.45, 7) is 2.26. The second-order valence-corrected chi connectivity index (χ2v) is 3.60. The molecule has 1 atom stereocenters. The highest BCUT2D eigenvalue weighted by molar-refractivity contribution is 5.77. The van der Waals surface area contributed by atoms with Crippen molar-refractivity contribution in [1.29, 1.82) is 0 Å². The standard InChI is InChI=1S/C9H18N2O2/c1-11-5-3-4-8(6-11)10-9(12)7-13-2/h8H,3-7H2,1-2H3,(H,10,12). The van der Waals surface area contributed by atoms with Crippen LogP contribution in [0.4, 0.5) is 0 Å². The molecule has 1 N–H and O–H groups in total. The summed E-state index contributed by atoms with van der Waals surface area (Å²) >= 11 is 0. The molecule has 0 radical (unpaired) electrons. The van der Waals surface area contributed by atoms with Gasteiger partial charge >= 0.3 is 0 Å². The smallest absolute Gasteiger partial charge is 0.246 e. The van der Waals surface area contributed by atoms with Gasteiger partial charge in [0, 0.05) is 19.7 Å². The first-order valence-electron chi connectivity index (χ1n) is 4.69. The molecule has 4 heteroatoms. The largest absolute Gasteiger partial charge is 0.375 e. The van der Waals surface area contributed by atoms with Crippen LogP contribution in [0.2, 0.25) is 0 Å². The highest BCUT2D eigenvalue weighted by Gasteiger charge is 2.18. The lowest BCUT2D eigenvalue weighted by molar-refractivity contribution is -0.125. The van der Waals surface area contributed by atoms with E-state index in [9.17, 15) is 4.79 Å². The fourth-order valence-corrected chi connectivity index (χ4v) is 1.68. The van der Waals surface area contributed by atoms with Crippen molar-refractivity contribution in [2.45, 2.75) is 18.9 Å². The summed E-state index contributed by atoms with van der Waals surface area (Å²) in [5.41, 5.74) is 0. The maximum Gasteiger partial charge on any atom is 0.246 e. The van der Waals surface area contributed by atoms with Crippen LogP contribution in [0.3, 0.4) is 0 Å². The fourth-order valence-electron chi connectivity index (χ4n) is 1.68. The van der Waals surface area contributed by atoms with Gasteiger partial charge in [-0.2, -0.15) is 0 Å². The Morgan fingerprint density at radius 3 is 3.08 bits per heavy atom. The number of hydrogen-bond donors (Lipinski definition) is 1. The Morgan fingerprint density at radius 2 is 2.46 bits per heavy atom. The van der Waals surface area contributed by atoms with Crippen molar-refractivity contribution in [1.82, 2.24) is 10.2 Å². The molecule has 1 heterocycles. The van der Waals surface area contributed by atoms with E-state index in [1.807, 2.05) is 0 Å². The van der Waals surface area contributed by atoms with Gasteiger partial charge in [-0.25, -0.2) is 0 Å². The normalized spacial score (nSPS) is 24.3. The number of piperidine rings is 1. The second-order valence-electron chi connectivity index (χ2n) is 3.60. The summed E-state index contributed by atoms with van der Waals surface area (Å²) < 4.78 is 4.75. The first-order valence-corrected chi connectivity index (χ1v) is 4.69. The quantitative estimate of drug-likeness (QED) is 0.666. The lowest BCUT2D eigenvalue weighted by Gasteiger charge is -2.30. The molecule has 4 nitrogen and oxygen atoms in total. The molecule has 1 amide bonds. The van der Waals surface area contributed by atoms with Crippen LogP contribution in [0, 0.1) is 0 Å². The summed E-state index contributed by atoms with van der Waals surface area (Å²) in [5, 5.41) is 2.94. The van der Waals surface area contributed by atoms with Gasteiger partial charge in [0.15, 0.2) is 0 Å². The highest BCUT2D eigenvalue weighted by atomic mass is 16.5. The Bertz CT molecular complexity index is 173. The van der Waals surface area contributed by atoms with Gasteiger partial charge in [-0.15, -0.1) is 0 Å². The van der Waals surface area contributed by atoms with Gasteiger partial charge in [-0.05, 0) is 26.4 Å². The van der Waals surface area contributed by atoms with E-state index in [2.05, 4.69) is 17.3 Å². The maximum atomic E-state index is 11.2. The van der Waals surface area contributed by atoms with Crippen molar-refractivity contribution in [3.8, 4) is 0 Å². The third-order valence-electron chi connectivity index (χ3n) is 2.27. The van der Waals surface area contributed by atoms with Crippen molar-refractivity contribution >= 4 is 5.91 Å². The summed E-state index contributed by atoms with van der Waals surface area (Å²) in [7, 11) is 3.61. The molecule has 1 aliphatic heterocycles. The third-order valence-corrected chi connectivity index (χ3v) is 2.27. The molecular formula is C9H18N2O2. The van der Waals surface area contributed by atoms with Crippen molar-refractivity contribution in [3.05, 3.63) is 0 Å². The van der Waals surface area contributed by atoms with Crippen LogP contribution in [0.5, 0.6) is 0 Å². The minimum atomic E-state index is -0.0113. The molecular weight excluding hydrogens is 168 g/mol. The van der Waals surface area contributed by atoms with Crippen LogP contribution in [-0.4, -0.2) is 50.7 Å². The van der Waals surface area contributed by atoms with E-state index in [0.717, 1.165) is 25.9 Å². The van der Waals surface area contributed by atoms with E-state index in [4.69, 9.17) is 4.74 Å². The molecule has 1 saturated heterocycles. The predicted octanol–water partition coefficient (Wildman–Crippen LogP) is -0.157. The number of nitrogens with zero attached hydrogens (tertiary/aromatic N) is 1. The van der Waals surface area contributed by atoms with Gasteiger partial charge in [-0.1, -0.05) is 0 Å². The lowest BCUT2D eigenvalue weighted by atomic mass is 10.1. The van der Waals surface area contributed by atoms with E-state index < -0.39 is 0 Å². The molecule has 0 spiro atoms. The van der Waals surface area contributed by atoms with E-state index in [0.29, 0.717) is 6.04 Å². The Morgan fingerprint density at radius 1 is 1.69 bits per heavy atom. The molecule has 1 aliphatic rings. The van der Waals surface area contributed by atoms with Crippen LogP contribution in [-0.2, 0) is 9.53 Å². The lowest BCUT2D eigenvalue weighted by Crippen LogP contribution is -2.47. The number of ether oxygens (including phenoxy) is 1.